The van der Waals surface area contributed by atoms with Crippen LogP contribution in [0.2, 0.25) is 5.02 Å². The molecule has 0 radical (unpaired) electrons. The van der Waals surface area contributed by atoms with Crippen molar-refractivity contribution in [1.29, 1.82) is 0 Å². The van der Waals surface area contributed by atoms with E-state index in [2.05, 4.69) is 37.0 Å². The second kappa shape index (κ2) is 8.60. The molecule has 1 fully saturated rings. The summed E-state index contributed by atoms with van der Waals surface area (Å²) in [6.45, 7) is 2.60. The summed E-state index contributed by atoms with van der Waals surface area (Å²) >= 11 is 7.75. The van der Waals surface area contributed by atoms with Crippen LogP contribution < -0.4 is 20.4 Å². The number of aromatic nitrogens is 1. The molecule has 1 aromatic carbocycles. The first-order valence-corrected chi connectivity index (χ1v) is 9.90. The predicted molar refractivity (Wildman–Crippen MR) is 112 cm³/mol. The van der Waals surface area contributed by atoms with Gasteiger partial charge in [0, 0.05) is 56.4 Å². The SMILES string of the molecule is CN=C(NCc1csc(N(C)C)n1)NC1CCN(c2cccc(Cl)c2)C1. The van der Waals surface area contributed by atoms with Gasteiger partial charge in [0.25, 0.3) is 0 Å². The van der Waals surface area contributed by atoms with Crippen molar-refractivity contribution >= 4 is 39.7 Å². The van der Waals surface area contributed by atoms with E-state index >= 15 is 0 Å². The first kappa shape index (κ1) is 18.8. The van der Waals surface area contributed by atoms with Crippen LogP contribution in [-0.2, 0) is 6.54 Å². The maximum atomic E-state index is 6.11. The standard InChI is InChI=1S/C18H25ClN6S/c1-20-17(21-10-15-12-26-18(23-15)24(2)3)22-14-7-8-25(11-14)16-6-4-5-13(19)9-16/h4-6,9,12,14H,7-8,10-11H2,1-3H3,(H2,20,21,22). The summed E-state index contributed by atoms with van der Waals surface area (Å²) < 4.78 is 0. The lowest BCUT2D eigenvalue weighted by molar-refractivity contribution is 0.647. The molecule has 1 atom stereocenters. The molecule has 2 aromatic rings. The van der Waals surface area contributed by atoms with Crippen molar-refractivity contribution in [1.82, 2.24) is 15.6 Å². The highest BCUT2D eigenvalue weighted by Gasteiger charge is 2.23. The fraction of sp³-hybridized carbons (Fsp3) is 0.444. The van der Waals surface area contributed by atoms with E-state index in [1.54, 1.807) is 18.4 Å². The van der Waals surface area contributed by atoms with Gasteiger partial charge in [-0.2, -0.15) is 0 Å². The highest BCUT2D eigenvalue weighted by molar-refractivity contribution is 7.13. The number of hydrogen-bond donors (Lipinski definition) is 2. The van der Waals surface area contributed by atoms with Gasteiger partial charge >= 0.3 is 0 Å². The van der Waals surface area contributed by atoms with Crippen LogP contribution in [0.15, 0.2) is 34.6 Å². The fourth-order valence-electron chi connectivity index (χ4n) is 2.93. The van der Waals surface area contributed by atoms with Gasteiger partial charge in [-0.25, -0.2) is 4.98 Å². The molecule has 2 heterocycles. The highest BCUT2D eigenvalue weighted by atomic mass is 35.5. The molecule has 0 aliphatic carbocycles. The average Bonchev–Trinajstić information content (AvgIpc) is 3.28. The Kier molecular flexibility index (Phi) is 6.21. The molecule has 1 saturated heterocycles. The van der Waals surface area contributed by atoms with E-state index < -0.39 is 0 Å². The van der Waals surface area contributed by atoms with Crippen molar-refractivity contribution in [2.45, 2.75) is 19.0 Å². The molecular weight excluding hydrogens is 368 g/mol. The summed E-state index contributed by atoms with van der Waals surface area (Å²) in [6, 6.07) is 8.37. The van der Waals surface area contributed by atoms with E-state index in [9.17, 15) is 0 Å². The third kappa shape index (κ3) is 4.80. The molecule has 3 rings (SSSR count). The molecule has 0 saturated carbocycles. The van der Waals surface area contributed by atoms with Crippen molar-refractivity contribution in [3.05, 3.63) is 40.4 Å². The van der Waals surface area contributed by atoms with Crippen LogP contribution in [0, 0.1) is 0 Å². The van der Waals surface area contributed by atoms with Crippen molar-refractivity contribution < 1.29 is 0 Å². The van der Waals surface area contributed by atoms with Gasteiger partial charge in [-0.15, -0.1) is 11.3 Å². The minimum absolute atomic E-state index is 0.355. The Hall–Kier alpha value is -1.99. The Morgan fingerprint density at radius 3 is 3.00 bits per heavy atom. The summed E-state index contributed by atoms with van der Waals surface area (Å²) in [5.41, 5.74) is 2.19. The summed E-state index contributed by atoms with van der Waals surface area (Å²) in [7, 11) is 5.80. The summed E-state index contributed by atoms with van der Waals surface area (Å²) in [5.74, 6) is 0.808. The molecule has 0 amide bonds. The molecule has 0 bridgehead atoms. The number of nitrogens with one attached hydrogen (secondary N) is 2. The monoisotopic (exact) mass is 392 g/mol. The summed E-state index contributed by atoms with van der Waals surface area (Å²) in [5, 5.41) is 10.7. The molecule has 2 N–H and O–H groups in total. The number of halogens is 1. The Morgan fingerprint density at radius 2 is 2.31 bits per heavy atom. The molecule has 1 aliphatic rings. The lowest BCUT2D eigenvalue weighted by Gasteiger charge is -2.20. The second-order valence-corrected chi connectivity index (χ2v) is 7.77. The zero-order valence-electron chi connectivity index (χ0n) is 15.4. The van der Waals surface area contributed by atoms with Gasteiger partial charge in [0.15, 0.2) is 11.1 Å². The van der Waals surface area contributed by atoms with Crippen molar-refractivity contribution in [3.8, 4) is 0 Å². The lowest BCUT2D eigenvalue weighted by Crippen LogP contribution is -2.44. The molecule has 140 valence electrons. The average molecular weight is 393 g/mol. The van der Waals surface area contributed by atoms with Crippen LogP contribution in [0.25, 0.3) is 0 Å². The Labute approximate surface area is 163 Å². The minimum atomic E-state index is 0.355. The molecule has 26 heavy (non-hydrogen) atoms. The quantitative estimate of drug-likeness (QED) is 0.605. The van der Waals surface area contributed by atoms with Gasteiger partial charge in [-0.3, -0.25) is 4.99 Å². The van der Waals surface area contributed by atoms with Crippen molar-refractivity contribution in [3.63, 3.8) is 0 Å². The Bertz CT molecular complexity index is 760. The molecule has 8 heteroatoms. The number of nitrogens with zero attached hydrogens (tertiary/aromatic N) is 4. The van der Waals surface area contributed by atoms with Gasteiger partial charge in [0.2, 0.25) is 0 Å². The van der Waals surface area contributed by atoms with Crippen LogP contribution in [0.4, 0.5) is 10.8 Å². The van der Waals surface area contributed by atoms with E-state index in [1.165, 1.54) is 5.69 Å². The summed E-state index contributed by atoms with van der Waals surface area (Å²) in [6.07, 6.45) is 1.06. The van der Waals surface area contributed by atoms with Gasteiger partial charge in [0.05, 0.1) is 12.2 Å². The van der Waals surface area contributed by atoms with Crippen molar-refractivity contribution in [2.24, 2.45) is 4.99 Å². The molecule has 1 aliphatic heterocycles. The third-order valence-corrected chi connectivity index (χ3v) is 5.58. The molecule has 1 unspecified atom stereocenters. The van der Waals surface area contributed by atoms with Crippen LogP contribution in [0.5, 0.6) is 0 Å². The largest absolute Gasteiger partial charge is 0.369 e. The number of benzene rings is 1. The van der Waals surface area contributed by atoms with E-state index in [4.69, 9.17) is 11.6 Å². The van der Waals surface area contributed by atoms with Crippen LogP contribution in [0.1, 0.15) is 12.1 Å². The van der Waals surface area contributed by atoms with Gasteiger partial charge in [-0.1, -0.05) is 17.7 Å². The van der Waals surface area contributed by atoms with E-state index in [-0.39, 0.29) is 0 Å². The smallest absolute Gasteiger partial charge is 0.191 e. The second-order valence-electron chi connectivity index (χ2n) is 6.50. The van der Waals surface area contributed by atoms with Gasteiger partial charge < -0.3 is 20.4 Å². The molecule has 0 spiro atoms. The topological polar surface area (TPSA) is 55.8 Å². The zero-order chi connectivity index (χ0) is 18.5. The first-order chi connectivity index (χ1) is 12.5. The first-order valence-electron chi connectivity index (χ1n) is 8.64. The number of rotatable bonds is 5. The maximum absolute atomic E-state index is 6.11. The Balaban J connectivity index is 1.51. The van der Waals surface area contributed by atoms with Gasteiger partial charge in [0.1, 0.15) is 0 Å². The minimum Gasteiger partial charge on any atom is -0.369 e. The van der Waals surface area contributed by atoms with Crippen molar-refractivity contribution in [2.75, 3.05) is 44.0 Å². The number of hydrogen-bond acceptors (Lipinski definition) is 5. The Morgan fingerprint density at radius 1 is 1.46 bits per heavy atom. The molecule has 1 aromatic heterocycles. The zero-order valence-corrected chi connectivity index (χ0v) is 16.9. The predicted octanol–water partition coefficient (Wildman–Crippen LogP) is 2.81. The normalized spacial score (nSPS) is 17.5. The fourth-order valence-corrected chi connectivity index (χ4v) is 3.87. The number of anilines is 2. The maximum Gasteiger partial charge on any atom is 0.191 e. The highest BCUT2D eigenvalue weighted by Crippen LogP contribution is 2.23. The van der Waals surface area contributed by atoms with E-state index in [0.717, 1.165) is 41.3 Å². The van der Waals surface area contributed by atoms with Gasteiger partial charge in [-0.05, 0) is 24.6 Å². The lowest BCUT2D eigenvalue weighted by atomic mass is 10.2. The number of aliphatic imine (C=N–C) groups is 1. The number of thiazole rings is 1. The van der Waals surface area contributed by atoms with E-state index in [1.807, 2.05) is 37.2 Å². The van der Waals surface area contributed by atoms with Crippen LogP contribution >= 0.6 is 22.9 Å². The number of guanidine groups is 1. The van der Waals surface area contributed by atoms with Crippen LogP contribution in [0.3, 0.4) is 0 Å². The molecular formula is C18H25ClN6S. The summed E-state index contributed by atoms with van der Waals surface area (Å²) in [4.78, 5) is 13.3. The van der Waals surface area contributed by atoms with Crippen LogP contribution in [-0.4, -0.2) is 51.2 Å². The molecule has 6 nitrogen and oxygen atoms in total. The third-order valence-electron chi connectivity index (χ3n) is 4.29. The van der Waals surface area contributed by atoms with E-state index in [0.29, 0.717) is 12.6 Å².